The molecule has 1 rings (SSSR count). The van der Waals surface area contributed by atoms with Crippen LogP contribution >= 0.6 is 0 Å². The van der Waals surface area contributed by atoms with Crippen molar-refractivity contribution in [1.82, 2.24) is 0 Å². The Balaban J connectivity index is 2.98. The number of anilines is 1. The van der Waals surface area contributed by atoms with E-state index in [2.05, 4.69) is 20.0 Å². The Morgan fingerprint density at radius 1 is 1.14 bits per heavy atom. The van der Waals surface area contributed by atoms with Crippen LogP contribution in [0.2, 0.25) is 0 Å². The summed E-state index contributed by atoms with van der Waals surface area (Å²) >= 11 is 0. The molecule has 0 fully saturated rings. The van der Waals surface area contributed by atoms with E-state index >= 15 is 0 Å². The number of rotatable bonds is 6. The first kappa shape index (κ1) is 17.0. The molecule has 0 aliphatic rings. The molecule has 0 saturated heterocycles. The number of nitrogens with zero attached hydrogens (tertiary/aromatic N) is 1. The van der Waals surface area contributed by atoms with Gasteiger partial charge in [0.05, 0.1) is 33.1 Å². The van der Waals surface area contributed by atoms with Gasteiger partial charge in [-0.15, -0.1) is 0 Å². The van der Waals surface area contributed by atoms with E-state index in [0.717, 1.165) is 14.2 Å². The second kappa shape index (κ2) is 8.30. The number of hydrazone groups is 1. The fraction of sp³-hybridized carbons (Fsp3) is 0.214. The summed E-state index contributed by atoms with van der Waals surface area (Å²) in [5.74, 6) is -1.78. The molecule has 118 valence electrons. The van der Waals surface area contributed by atoms with Crippen molar-refractivity contribution in [2.45, 2.75) is 0 Å². The van der Waals surface area contributed by atoms with Gasteiger partial charge >= 0.3 is 11.9 Å². The van der Waals surface area contributed by atoms with Crippen LogP contribution in [-0.4, -0.2) is 44.1 Å². The van der Waals surface area contributed by atoms with E-state index in [1.54, 1.807) is 24.3 Å². The molecule has 0 amide bonds. The van der Waals surface area contributed by atoms with Crippen molar-refractivity contribution in [3.05, 3.63) is 36.1 Å². The smallest absolute Gasteiger partial charge is 0.362 e. The summed E-state index contributed by atoms with van der Waals surface area (Å²) < 4.78 is 13.9. The van der Waals surface area contributed by atoms with Crippen LogP contribution in [-0.2, 0) is 19.1 Å². The molecule has 0 saturated carbocycles. The SMILES string of the molecule is COC(=O)/C=C(O)/C(=N/Nc1ccc(OC)cc1)C(=O)OC. The van der Waals surface area contributed by atoms with Crippen molar-refractivity contribution in [2.75, 3.05) is 26.8 Å². The Labute approximate surface area is 127 Å². The number of carbonyl (C=O) groups excluding carboxylic acids is 2. The van der Waals surface area contributed by atoms with Crippen LogP contribution in [0.15, 0.2) is 41.2 Å². The van der Waals surface area contributed by atoms with Crippen LogP contribution < -0.4 is 10.2 Å². The highest BCUT2D eigenvalue weighted by Gasteiger charge is 2.18. The number of methoxy groups -OCH3 is 3. The lowest BCUT2D eigenvalue weighted by molar-refractivity contribution is -0.135. The van der Waals surface area contributed by atoms with Crippen LogP contribution in [0.25, 0.3) is 0 Å². The normalized spacial score (nSPS) is 11.6. The number of hydrogen-bond acceptors (Lipinski definition) is 8. The second-order valence-electron chi connectivity index (χ2n) is 3.85. The molecule has 0 aliphatic heterocycles. The Kier molecular flexibility index (Phi) is 6.42. The van der Waals surface area contributed by atoms with Crippen LogP contribution in [0.4, 0.5) is 5.69 Å². The third kappa shape index (κ3) is 4.82. The highest BCUT2D eigenvalue weighted by molar-refractivity contribution is 6.43. The molecule has 1 aromatic carbocycles. The molecule has 0 spiro atoms. The molecule has 8 nitrogen and oxygen atoms in total. The van der Waals surface area contributed by atoms with Gasteiger partial charge in [-0.05, 0) is 24.3 Å². The number of benzene rings is 1. The lowest BCUT2D eigenvalue weighted by atomic mass is 10.3. The summed E-state index contributed by atoms with van der Waals surface area (Å²) in [7, 11) is 3.79. The van der Waals surface area contributed by atoms with Crippen molar-refractivity contribution >= 4 is 23.3 Å². The molecule has 22 heavy (non-hydrogen) atoms. The Morgan fingerprint density at radius 2 is 1.77 bits per heavy atom. The first-order valence-corrected chi connectivity index (χ1v) is 6.06. The van der Waals surface area contributed by atoms with Gasteiger partial charge in [0.15, 0.2) is 5.76 Å². The average molecular weight is 308 g/mol. The van der Waals surface area contributed by atoms with E-state index in [1.807, 2.05) is 0 Å². The monoisotopic (exact) mass is 308 g/mol. The third-order valence-electron chi connectivity index (χ3n) is 2.46. The molecule has 0 unspecified atom stereocenters. The minimum Gasteiger partial charge on any atom is -0.505 e. The van der Waals surface area contributed by atoms with Gasteiger partial charge in [-0.2, -0.15) is 5.10 Å². The number of carbonyl (C=O) groups is 2. The predicted molar refractivity (Wildman–Crippen MR) is 78.8 cm³/mol. The summed E-state index contributed by atoms with van der Waals surface area (Å²) in [4.78, 5) is 22.7. The minimum atomic E-state index is -0.918. The van der Waals surface area contributed by atoms with Crippen molar-refractivity contribution in [2.24, 2.45) is 5.10 Å². The van der Waals surface area contributed by atoms with Gasteiger partial charge in [-0.3, -0.25) is 5.43 Å². The van der Waals surface area contributed by atoms with Crippen molar-refractivity contribution < 1.29 is 28.9 Å². The summed E-state index contributed by atoms with van der Waals surface area (Å²) in [6, 6.07) is 6.66. The van der Waals surface area contributed by atoms with Gasteiger partial charge in [0, 0.05) is 0 Å². The zero-order chi connectivity index (χ0) is 16.5. The summed E-state index contributed by atoms with van der Waals surface area (Å²) in [5, 5.41) is 13.5. The van der Waals surface area contributed by atoms with E-state index in [1.165, 1.54) is 7.11 Å². The number of hydrogen-bond donors (Lipinski definition) is 2. The standard InChI is InChI=1S/C14H16N2O6/c1-20-10-6-4-9(5-7-10)15-16-13(14(19)22-3)11(17)8-12(18)21-2/h4-8,15,17H,1-3H3/b11-8-,16-13-. The summed E-state index contributed by atoms with van der Waals surface area (Å²) in [6.07, 6.45) is 0.714. The predicted octanol–water partition coefficient (Wildman–Crippen LogP) is 1.25. The van der Waals surface area contributed by atoms with Gasteiger partial charge in [-0.25, -0.2) is 9.59 Å². The Morgan fingerprint density at radius 3 is 2.27 bits per heavy atom. The van der Waals surface area contributed by atoms with Gasteiger partial charge < -0.3 is 19.3 Å². The van der Waals surface area contributed by atoms with E-state index < -0.39 is 23.4 Å². The van der Waals surface area contributed by atoms with Crippen molar-refractivity contribution in [3.8, 4) is 5.75 Å². The summed E-state index contributed by atoms with van der Waals surface area (Å²) in [5.41, 5.74) is 2.63. The van der Waals surface area contributed by atoms with Gasteiger partial charge in [0.2, 0.25) is 5.71 Å². The van der Waals surface area contributed by atoms with E-state index in [4.69, 9.17) is 4.74 Å². The largest absolute Gasteiger partial charge is 0.505 e. The molecule has 0 atom stereocenters. The van der Waals surface area contributed by atoms with E-state index in [9.17, 15) is 14.7 Å². The molecule has 0 aliphatic carbocycles. The molecule has 8 heteroatoms. The Hall–Kier alpha value is -3.03. The number of aliphatic hydroxyl groups is 1. The lowest BCUT2D eigenvalue weighted by Gasteiger charge is -2.06. The van der Waals surface area contributed by atoms with Crippen LogP contribution in [0, 0.1) is 0 Å². The highest BCUT2D eigenvalue weighted by atomic mass is 16.5. The second-order valence-corrected chi connectivity index (χ2v) is 3.85. The zero-order valence-electron chi connectivity index (χ0n) is 12.3. The number of esters is 2. The number of aliphatic hydroxyl groups excluding tert-OH is 1. The molecular weight excluding hydrogens is 292 g/mol. The third-order valence-corrected chi connectivity index (χ3v) is 2.46. The van der Waals surface area contributed by atoms with Crippen molar-refractivity contribution in [3.63, 3.8) is 0 Å². The van der Waals surface area contributed by atoms with E-state index in [-0.39, 0.29) is 0 Å². The number of ether oxygens (including phenoxy) is 3. The molecular formula is C14H16N2O6. The average Bonchev–Trinajstić information content (AvgIpc) is 2.55. The fourth-order valence-electron chi connectivity index (χ4n) is 1.33. The zero-order valence-corrected chi connectivity index (χ0v) is 12.3. The molecule has 1 aromatic rings. The quantitative estimate of drug-likeness (QED) is 0.268. The van der Waals surface area contributed by atoms with E-state index in [0.29, 0.717) is 17.5 Å². The lowest BCUT2D eigenvalue weighted by Crippen LogP contribution is -2.20. The highest BCUT2D eigenvalue weighted by Crippen LogP contribution is 2.15. The summed E-state index contributed by atoms with van der Waals surface area (Å²) in [6.45, 7) is 0. The van der Waals surface area contributed by atoms with Crippen LogP contribution in [0.3, 0.4) is 0 Å². The Bertz CT molecular complexity index is 592. The van der Waals surface area contributed by atoms with Crippen LogP contribution in [0.5, 0.6) is 5.75 Å². The minimum absolute atomic E-state index is 0.469. The maximum atomic E-state index is 11.6. The first-order valence-electron chi connectivity index (χ1n) is 6.06. The molecule has 0 radical (unpaired) electrons. The van der Waals surface area contributed by atoms with Gasteiger partial charge in [0.25, 0.3) is 0 Å². The van der Waals surface area contributed by atoms with Crippen LogP contribution in [0.1, 0.15) is 0 Å². The molecule has 0 aromatic heterocycles. The topological polar surface area (TPSA) is 106 Å². The maximum absolute atomic E-state index is 11.6. The van der Waals surface area contributed by atoms with Gasteiger partial charge in [0.1, 0.15) is 5.75 Å². The maximum Gasteiger partial charge on any atom is 0.362 e. The first-order chi connectivity index (χ1) is 10.5. The molecule has 2 N–H and O–H groups in total. The van der Waals surface area contributed by atoms with Crippen molar-refractivity contribution in [1.29, 1.82) is 0 Å². The number of nitrogens with one attached hydrogen (secondary N) is 1. The fourth-order valence-corrected chi connectivity index (χ4v) is 1.33. The molecule has 0 heterocycles. The van der Waals surface area contributed by atoms with Gasteiger partial charge in [-0.1, -0.05) is 0 Å². The molecule has 0 bridgehead atoms.